The van der Waals surface area contributed by atoms with E-state index in [9.17, 15) is 0 Å². The molecule has 0 atom stereocenters. The van der Waals surface area contributed by atoms with Crippen molar-refractivity contribution in [2.75, 3.05) is 5.73 Å². The maximum atomic E-state index is 6.42. The zero-order valence-electron chi connectivity index (χ0n) is 12.2. The summed E-state index contributed by atoms with van der Waals surface area (Å²) in [5, 5.41) is 0. The fraction of sp³-hybridized carbons (Fsp3) is 0.438. The molecule has 1 fully saturated rings. The summed E-state index contributed by atoms with van der Waals surface area (Å²) in [5.41, 5.74) is 8.38. The summed E-state index contributed by atoms with van der Waals surface area (Å²) in [6, 6.07) is 8.65. The Balaban J connectivity index is 2.21. The molecule has 20 heavy (non-hydrogen) atoms. The first-order chi connectivity index (χ1) is 9.39. The second-order valence-corrected chi connectivity index (χ2v) is 7.35. The molecule has 1 heterocycles. The third-order valence-electron chi connectivity index (χ3n) is 3.66. The first-order valence-electron chi connectivity index (χ1n) is 7.02. The number of imidazole rings is 1. The molecule has 1 aromatic carbocycles. The van der Waals surface area contributed by atoms with Crippen molar-refractivity contribution in [1.82, 2.24) is 9.55 Å². The molecule has 1 aromatic heterocycles. The average Bonchev–Trinajstić information content (AvgIpc) is 3.13. The Morgan fingerprint density at radius 3 is 2.45 bits per heavy atom. The van der Waals surface area contributed by atoms with E-state index in [1.807, 2.05) is 18.2 Å². The van der Waals surface area contributed by atoms with Crippen molar-refractivity contribution in [2.45, 2.75) is 45.1 Å². The van der Waals surface area contributed by atoms with Crippen LogP contribution in [-0.2, 0) is 5.41 Å². The Bertz CT molecular complexity index is 648. The van der Waals surface area contributed by atoms with E-state index in [2.05, 4.69) is 47.3 Å². The Labute approximate surface area is 128 Å². The molecule has 1 aliphatic carbocycles. The van der Waals surface area contributed by atoms with Crippen LogP contribution in [0.2, 0.25) is 0 Å². The van der Waals surface area contributed by atoms with Crippen LogP contribution in [0.15, 0.2) is 28.7 Å². The molecule has 106 valence electrons. The molecule has 3 nitrogen and oxygen atoms in total. The van der Waals surface area contributed by atoms with Crippen molar-refractivity contribution in [2.24, 2.45) is 0 Å². The van der Waals surface area contributed by atoms with Gasteiger partial charge < -0.3 is 10.3 Å². The Hall–Kier alpha value is -1.29. The molecule has 0 radical (unpaired) electrons. The molecule has 0 aliphatic heterocycles. The van der Waals surface area contributed by atoms with E-state index in [-0.39, 0.29) is 5.41 Å². The van der Waals surface area contributed by atoms with Gasteiger partial charge in [-0.2, -0.15) is 0 Å². The molecule has 1 aliphatic rings. The van der Waals surface area contributed by atoms with Crippen LogP contribution in [0.3, 0.4) is 0 Å². The van der Waals surface area contributed by atoms with Crippen molar-refractivity contribution >= 4 is 21.7 Å². The lowest BCUT2D eigenvalue weighted by molar-refractivity contribution is 0.504. The van der Waals surface area contributed by atoms with Crippen LogP contribution in [0.1, 0.15) is 45.5 Å². The van der Waals surface area contributed by atoms with Crippen molar-refractivity contribution in [1.29, 1.82) is 0 Å². The molecule has 3 rings (SSSR count). The molecule has 1 saturated carbocycles. The number of hydrogen-bond acceptors (Lipinski definition) is 2. The average molecular weight is 334 g/mol. The van der Waals surface area contributed by atoms with Gasteiger partial charge in [-0.05, 0) is 18.9 Å². The third kappa shape index (κ3) is 2.26. The number of hydrogen-bond donors (Lipinski definition) is 1. The van der Waals surface area contributed by atoms with Gasteiger partial charge in [0.25, 0.3) is 0 Å². The van der Waals surface area contributed by atoms with E-state index < -0.39 is 0 Å². The predicted molar refractivity (Wildman–Crippen MR) is 86.7 cm³/mol. The molecule has 0 spiro atoms. The minimum absolute atomic E-state index is 0.00375. The van der Waals surface area contributed by atoms with Crippen molar-refractivity contribution < 1.29 is 0 Å². The van der Waals surface area contributed by atoms with Gasteiger partial charge >= 0.3 is 0 Å². The number of nitrogens with two attached hydrogens (primary N) is 1. The van der Waals surface area contributed by atoms with Crippen molar-refractivity contribution in [3.05, 3.63) is 34.6 Å². The standard InChI is InChI=1S/C16H20BrN3/c1-16(2,3)15-19-13(11-6-4-5-7-12(11)17)14(18)20(15)10-8-9-10/h4-7,10H,8-9,18H2,1-3H3. The maximum Gasteiger partial charge on any atom is 0.132 e. The van der Waals surface area contributed by atoms with Crippen LogP contribution in [0, 0.1) is 0 Å². The van der Waals surface area contributed by atoms with Gasteiger partial charge in [-0.3, -0.25) is 0 Å². The number of anilines is 1. The van der Waals surface area contributed by atoms with Crippen LogP contribution in [0.25, 0.3) is 11.3 Å². The maximum absolute atomic E-state index is 6.42. The van der Waals surface area contributed by atoms with Gasteiger partial charge in [0.15, 0.2) is 0 Å². The first-order valence-corrected chi connectivity index (χ1v) is 7.82. The molecule has 0 amide bonds. The van der Waals surface area contributed by atoms with Gasteiger partial charge in [-0.15, -0.1) is 0 Å². The molecule has 2 aromatic rings. The molecule has 4 heteroatoms. The largest absolute Gasteiger partial charge is 0.383 e. The van der Waals surface area contributed by atoms with E-state index >= 15 is 0 Å². The number of nitrogen functional groups attached to an aromatic ring is 1. The van der Waals surface area contributed by atoms with E-state index in [0.717, 1.165) is 27.4 Å². The van der Waals surface area contributed by atoms with Gasteiger partial charge in [0, 0.05) is 21.5 Å². The Morgan fingerprint density at radius 2 is 1.90 bits per heavy atom. The second-order valence-electron chi connectivity index (χ2n) is 6.50. The number of halogens is 1. The van der Waals surface area contributed by atoms with E-state index in [0.29, 0.717) is 6.04 Å². The minimum atomic E-state index is -0.00375. The SMILES string of the molecule is CC(C)(C)c1nc(-c2ccccc2Br)c(N)n1C1CC1. The Kier molecular flexibility index (Phi) is 3.16. The molecule has 0 saturated heterocycles. The highest BCUT2D eigenvalue weighted by Crippen LogP contribution is 2.44. The van der Waals surface area contributed by atoms with Crippen LogP contribution >= 0.6 is 15.9 Å². The second kappa shape index (κ2) is 4.62. The highest BCUT2D eigenvalue weighted by atomic mass is 79.9. The van der Waals surface area contributed by atoms with Crippen molar-refractivity contribution in [3.63, 3.8) is 0 Å². The summed E-state index contributed by atoms with van der Waals surface area (Å²) in [5.74, 6) is 1.88. The quantitative estimate of drug-likeness (QED) is 0.877. The molecular formula is C16H20BrN3. The van der Waals surface area contributed by atoms with Gasteiger partial charge in [-0.1, -0.05) is 54.9 Å². The van der Waals surface area contributed by atoms with E-state index in [1.54, 1.807) is 0 Å². The summed E-state index contributed by atoms with van der Waals surface area (Å²) in [6.07, 6.45) is 2.41. The Morgan fingerprint density at radius 1 is 1.25 bits per heavy atom. The van der Waals surface area contributed by atoms with Gasteiger partial charge in [0.2, 0.25) is 0 Å². The summed E-state index contributed by atoms with van der Waals surface area (Å²) >= 11 is 3.60. The fourth-order valence-corrected chi connectivity index (χ4v) is 3.00. The van der Waals surface area contributed by atoms with Gasteiger partial charge in [0.1, 0.15) is 17.3 Å². The normalized spacial score (nSPS) is 15.6. The first kappa shape index (κ1) is 13.7. The molecule has 2 N–H and O–H groups in total. The predicted octanol–water partition coefficient (Wildman–Crippen LogP) is 4.53. The zero-order valence-corrected chi connectivity index (χ0v) is 13.7. The smallest absolute Gasteiger partial charge is 0.132 e. The summed E-state index contributed by atoms with van der Waals surface area (Å²) in [6.45, 7) is 6.58. The van der Waals surface area contributed by atoms with Crippen LogP contribution in [0.4, 0.5) is 5.82 Å². The van der Waals surface area contributed by atoms with Gasteiger partial charge in [-0.25, -0.2) is 4.98 Å². The lowest BCUT2D eigenvalue weighted by Crippen LogP contribution is -2.19. The minimum Gasteiger partial charge on any atom is -0.383 e. The van der Waals surface area contributed by atoms with Crippen molar-refractivity contribution in [3.8, 4) is 11.3 Å². The zero-order chi connectivity index (χ0) is 14.5. The van der Waals surface area contributed by atoms with Crippen LogP contribution in [0.5, 0.6) is 0 Å². The summed E-state index contributed by atoms with van der Waals surface area (Å²) in [4.78, 5) is 4.88. The molecule has 0 bridgehead atoms. The van der Waals surface area contributed by atoms with E-state index in [1.165, 1.54) is 12.8 Å². The monoisotopic (exact) mass is 333 g/mol. The molecular weight excluding hydrogens is 314 g/mol. The number of rotatable bonds is 2. The topological polar surface area (TPSA) is 43.8 Å². The van der Waals surface area contributed by atoms with E-state index in [4.69, 9.17) is 10.7 Å². The third-order valence-corrected chi connectivity index (χ3v) is 4.35. The summed E-state index contributed by atoms with van der Waals surface area (Å²) in [7, 11) is 0. The fourth-order valence-electron chi connectivity index (χ4n) is 2.53. The number of aromatic nitrogens is 2. The highest BCUT2D eigenvalue weighted by Gasteiger charge is 2.34. The van der Waals surface area contributed by atoms with Crippen LogP contribution in [-0.4, -0.2) is 9.55 Å². The number of benzene rings is 1. The lowest BCUT2D eigenvalue weighted by Gasteiger charge is -2.20. The summed E-state index contributed by atoms with van der Waals surface area (Å²) < 4.78 is 3.28. The molecule has 0 unspecified atom stereocenters. The van der Waals surface area contributed by atoms with Crippen LogP contribution < -0.4 is 5.73 Å². The van der Waals surface area contributed by atoms with Gasteiger partial charge in [0.05, 0.1) is 0 Å². The lowest BCUT2D eigenvalue weighted by atomic mass is 9.95. The highest BCUT2D eigenvalue weighted by molar-refractivity contribution is 9.10. The number of nitrogens with zero attached hydrogens (tertiary/aromatic N) is 2.